The molecule has 1 saturated heterocycles. The third-order valence-corrected chi connectivity index (χ3v) is 4.00. The van der Waals surface area contributed by atoms with Crippen LogP contribution in [0.5, 0.6) is 5.75 Å². The molecule has 1 aromatic rings. The minimum Gasteiger partial charge on any atom is -0.480 e. The summed E-state index contributed by atoms with van der Waals surface area (Å²) in [4.78, 5) is 14.0. The highest BCUT2D eigenvalue weighted by Crippen LogP contribution is 2.36. The molecule has 1 heterocycles. The van der Waals surface area contributed by atoms with Gasteiger partial charge in [0.1, 0.15) is 5.75 Å². The Bertz CT molecular complexity index is 554. The number of carbonyl (C=O) groups is 1. The summed E-state index contributed by atoms with van der Waals surface area (Å²) in [5.74, 6) is -0.628. The van der Waals surface area contributed by atoms with Crippen molar-refractivity contribution >= 4 is 5.91 Å². The average Bonchev–Trinajstić information content (AvgIpc) is 2.54. The highest BCUT2D eigenvalue weighted by Gasteiger charge is 2.35. The maximum absolute atomic E-state index is 13.0. The Kier molecular flexibility index (Phi) is 6.10. The lowest BCUT2D eigenvalue weighted by Crippen LogP contribution is -2.46. The first-order valence-corrected chi connectivity index (χ1v) is 8.06. The SMILES string of the molecule is CCOC1CCN(C(=O)[C@H](C)Oc2ccccc2C(F)(F)F)CC1. The molecule has 7 heteroatoms. The number of carbonyl (C=O) groups excluding carboxylic acids is 1. The Hall–Kier alpha value is -1.76. The van der Waals surface area contributed by atoms with Gasteiger partial charge in [0.05, 0.1) is 11.7 Å². The smallest absolute Gasteiger partial charge is 0.419 e. The number of halogens is 3. The summed E-state index contributed by atoms with van der Waals surface area (Å²) < 4.78 is 49.8. The first kappa shape index (κ1) is 18.6. The van der Waals surface area contributed by atoms with E-state index in [9.17, 15) is 18.0 Å². The summed E-state index contributed by atoms with van der Waals surface area (Å²) in [6.07, 6.45) is -3.90. The molecule has 1 aliphatic heterocycles. The molecule has 0 N–H and O–H groups in total. The molecule has 0 aromatic heterocycles. The highest BCUT2D eigenvalue weighted by molar-refractivity contribution is 5.81. The number of para-hydroxylation sites is 1. The lowest BCUT2D eigenvalue weighted by molar-refractivity contribution is -0.144. The molecular weight excluding hydrogens is 323 g/mol. The highest BCUT2D eigenvalue weighted by atomic mass is 19.4. The van der Waals surface area contributed by atoms with Crippen molar-refractivity contribution in [3.05, 3.63) is 29.8 Å². The van der Waals surface area contributed by atoms with E-state index in [1.807, 2.05) is 6.92 Å². The molecule has 1 aromatic carbocycles. The zero-order valence-electron chi connectivity index (χ0n) is 13.8. The Morgan fingerprint density at radius 2 is 1.92 bits per heavy atom. The Morgan fingerprint density at radius 3 is 2.50 bits per heavy atom. The van der Waals surface area contributed by atoms with Gasteiger partial charge in [0.2, 0.25) is 0 Å². The lowest BCUT2D eigenvalue weighted by atomic mass is 10.1. The van der Waals surface area contributed by atoms with Crippen molar-refractivity contribution in [1.29, 1.82) is 0 Å². The minimum atomic E-state index is -4.52. The van der Waals surface area contributed by atoms with Crippen molar-refractivity contribution in [2.75, 3.05) is 19.7 Å². The van der Waals surface area contributed by atoms with Crippen LogP contribution in [0.4, 0.5) is 13.2 Å². The normalized spacial score (nSPS) is 17.6. The second kappa shape index (κ2) is 7.88. The van der Waals surface area contributed by atoms with Crippen LogP contribution in [0.25, 0.3) is 0 Å². The molecule has 0 spiro atoms. The van der Waals surface area contributed by atoms with Gasteiger partial charge in [0.15, 0.2) is 6.10 Å². The molecule has 1 atom stereocenters. The molecule has 0 unspecified atom stereocenters. The quantitative estimate of drug-likeness (QED) is 0.820. The molecule has 1 amide bonds. The number of ether oxygens (including phenoxy) is 2. The molecule has 0 bridgehead atoms. The zero-order chi connectivity index (χ0) is 17.7. The monoisotopic (exact) mass is 345 g/mol. The molecule has 4 nitrogen and oxygen atoms in total. The van der Waals surface area contributed by atoms with Crippen molar-refractivity contribution in [2.24, 2.45) is 0 Å². The topological polar surface area (TPSA) is 38.8 Å². The minimum absolute atomic E-state index is 0.140. The molecule has 2 rings (SSSR count). The average molecular weight is 345 g/mol. The molecule has 0 radical (unpaired) electrons. The number of amides is 1. The van der Waals surface area contributed by atoms with Crippen LogP contribution in [0.3, 0.4) is 0 Å². The zero-order valence-corrected chi connectivity index (χ0v) is 13.8. The number of benzene rings is 1. The van der Waals surface area contributed by atoms with E-state index in [4.69, 9.17) is 9.47 Å². The van der Waals surface area contributed by atoms with Crippen molar-refractivity contribution in [2.45, 2.75) is 45.1 Å². The Balaban J connectivity index is 1.98. The Labute approximate surface area is 139 Å². The second-order valence-electron chi connectivity index (χ2n) is 5.73. The second-order valence-corrected chi connectivity index (χ2v) is 5.73. The van der Waals surface area contributed by atoms with E-state index in [1.54, 1.807) is 4.90 Å². The van der Waals surface area contributed by atoms with Crippen LogP contribution in [-0.4, -0.2) is 42.7 Å². The number of alkyl halides is 3. The number of nitrogens with zero attached hydrogens (tertiary/aromatic N) is 1. The van der Waals surface area contributed by atoms with Gasteiger partial charge < -0.3 is 14.4 Å². The molecule has 1 aliphatic rings. The van der Waals surface area contributed by atoms with Gasteiger partial charge in [-0.1, -0.05) is 12.1 Å². The van der Waals surface area contributed by atoms with Crippen molar-refractivity contribution in [3.63, 3.8) is 0 Å². The van der Waals surface area contributed by atoms with Gasteiger partial charge in [-0.05, 0) is 38.8 Å². The van der Waals surface area contributed by atoms with E-state index in [-0.39, 0.29) is 17.8 Å². The summed E-state index contributed by atoms with van der Waals surface area (Å²) in [6.45, 7) is 5.08. The van der Waals surface area contributed by atoms with Gasteiger partial charge in [-0.25, -0.2) is 0 Å². The van der Waals surface area contributed by atoms with Gasteiger partial charge >= 0.3 is 6.18 Å². The lowest BCUT2D eigenvalue weighted by Gasteiger charge is -2.33. The number of hydrogen-bond acceptors (Lipinski definition) is 3. The van der Waals surface area contributed by atoms with E-state index in [0.29, 0.717) is 19.7 Å². The standard InChI is InChI=1S/C17H22F3NO3/c1-3-23-13-8-10-21(11-9-13)16(22)12(2)24-15-7-5-4-6-14(15)17(18,19)20/h4-7,12-13H,3,8-11H2,1-2H3/t12-/m0/s1. The van der Waals surface area contributed by atoms with Crippen LogP contribution in [0.2, 0.25) is 0 Å². The van der Waals surface area contributed by atoms with Crippen LogP contribution in [-0.2, 0) is 15.7 Å². The van der Waals surface area contributed by atoms with Crippen LogP contribution >= 0.6 is 0 Å². The Morgan fingerprint density at radius 1 is 1.29 bits per heavy atom. The molecule has 24 heavy (non-hydrogen) atoms. The maximum Gasteiger partial charge on any atom is 0.419 e. The number of likely N-dealkylation sites (tertiary alicyclic amines) is 1. The summed E-state index contributed by atoms with van der Waals surface area (Å²) in [7, 11) is 0. The van der Waals surface area contributed by atoms with E-state index in [1.165, 1.54) is 25.1 Å². The summed E-state index contributed by atoms with van der Waals surface area (Å²) >= 11 is 0. The van der Waals surface area contributed by atoms with Gasteiger partial charge in [0.25, 0.3) is 5.91 Å². The molecule has 0 aliphatic carbocycles. The first-order valence-electron chi connectivity index (χ1n) is 8.06. The van der Waals surface area contributed by atoms with Crippen LogP contribution in [0, 0.1) is 0 Å². The molecule has 1 fully saturated rings. The first-order chi connectivity index (χ1) is 11.3. The fourth-order valence-corrected chi connectivity index (χ4v) is 2.78. The maximum atomic E-state index is 13.0. The fourth-order valence-electron chi connectivity index (χ4n) is 2.78. The van der Waals surface area contributed by atoms with Gasteiger partial charge in [-0.15, -0.1) is 0 Å². The van der Waals surface area contributed by atoms with Crippen LogP contribution in [0.1, 0.15) is 32.3 Å². The van der Waals surface area contributed by atoms with E-state index in [2.05, 4.69) is 0 Å². The predicted octanol–water partition coefficient (Wildman–Crippen LogP) is 3.50. The molecular formula is C17H22F3NO3. The number of piperidine rings is 1. The van der Waals surface area contributed by atoms with E-state index >= 15 is 0 Å². The van der Waals surface area contributed by atoms with Crippen molar-refractivity contribution in [1.82, 2.24) is 4.90 Å². The van der Waals surface area contributed by atoms with E-state index < -0.39 is 17.8 Å². The van der Waals surface area contributed by atoms with Gasteiger partial charge in [-0.3, -0.25) is 4.79 Å². The van der Waals surface area contributed by atoms with Crippen LogP contribution < -0.4 is 4.74 Å². The predicted molar refractivity (Wildman–Crippen MR) is 82.8 cm³/mol. The van der Waals surface area contributed by atoms with Gasteiger partial charge in [0, 0.05) is 19.7 Å². The third kappa shape index (κ3) is 4.63. The van der Waals surface area contributed by atoms with Crippen LogP contribution in [0.15, 0.2) is 24.3 Å². The molecule has 134 valence electrons. The van der Waals surface area contributed by atoms with Crippen molar-refractivity contribution in [3.8, 4) is 5.75 Å². The largest absolute Gasteiger partial charge is 0.480 e. The summed E-state index contributed by atoms with van der Waals surface area (Å²) in [6, 6.07) is 4.92. The summed E-state index contributed by atoms with van der Waals surface area (Å²) in [5.41, 5.74) is -0.875. The third-order valence-electron chi connectivity index (χ3n) is 4.00. The number of rotatable bonds is 5. The number of hydrogen-bond donors (Lipinski definition) is 0. The fraction of sp³-hybridized carbons (Fsp3) is 0.588. The van der Waals surface area contributed by atoms with Gasteiger partial charge in [-0.2, -0.15) is 13.2 Å². The van der Waals surface area contributed by atoms with Crippen molar-refractivity contribution < 1.29 is 27.4 Å². The van der Waals surface area contributed by atoms with E-state index in [0.717, 1.165) is 18.9 Å². The summed E-state index contributed by atoms with van der Waals surface area (Å²) in [5, 5.41) is 0. The molecule has 0 saturated carbocycles.